The lowest BCUT2D eigenvalue weighted by atomic mass is 10.2. The summed E-state index contributed by atoms with van der Waals surface area (Å²) < 4.78 is 18.6. The Morgan fingerprint density at radius 2 is 2.17 bits per heavy atom. The van der Waals surface area contributed by atoms with Crippen molar-refractivity contribution in [2.24, 2.45) is 0 Å². The number of carbonyl (C=O) groups is 1. The van der Waals surface area contributed by atoms with Gasteiger partial charge in [0.1, 0.15) is 5.82 Å². The van der Waals surface area contributed by atoms with Gasteiger partial charge in [-0.25, -0.2) is 4.39 Å². The molecule has 1 aromatic carbocycles. The molecule has 0 aliphatic rings. The van der Waals surface area contributed by atoms with Crippen LogP contribution in [-0.2, 0) is 6.54 Å². The van der Waals surface area contributed by atoms with Gasteiger partial charge in [-0.1, -0.05) is 22.8 Å². The first-order valence-electron chi connectivity index (χ1n) is 6.79. The lowest BCUT2D eigenvalue weighted by Gasteiger charge is -2.05. The fourth-order valence-electron chi connectivity index (χ4n) is 1.99. The van der Waals surface area contributed by atoms with Gasteiger partial charge in [-0.3, -0.25) is 9.59 Å². The summed E-state index contributed by atoms with van der Waals surface area (Å²) in [6, 6.07) is 7.09. The molecule has 0 radical (unpaired) electrons. The van der Waals surface area contributed by atoms with Crippen molar-refractivity contribution in [3.63, 3.8) is 0 Å². The van der Waals surface area contributed by atoms with Crippen LogP contribution in [0.2, 0.25) is 5.02 Å². The van der Waals surface area contributed by atoms with E-state index in [4.69, 9.17) is 16.1 Å². The second-order valence-corrected chi connectivity index (χ2v) is 5.11. The molecule has 0 aliphatic carbocycles. The van der Waals surface area contributed by atoms with Crippen LogP contribution in [0, 0.1) is 5.82 Å². The van der Waals surface area contributed by atoms with Gasteiger partial charge in [0.25, 0.3) is 11.5 Å². The van der Waals surface area contributed by atoms with E-state index in [-0.39, 0.29) is 40.0 Å². The van der Waals surface area contributed by atoms with Crippen molar-refractivity contribution < 1.29 is 13.7 Å². The number of aromatic nitrogens is 3. The van der Waals surface area contributed by atoms with Crippen LogP contribution in [-0.4, -0.2) is 21.0 Å². The van der Waals surface area contributed by atoms with Crippen LogP contribution in [0.4, 0.5) is 4.39 Å². The number of aromatic amines is 1. The Kier molecular flexibility index (Phi) is 4.39. The van der Waals surface area contributed by atoms with Crippen LogP contribution in [0.3, 0.4) is 0 Å². The number of benzene rings is 1. The smallest absolute Gasteiger partial charge is 0.259 e. The van der Waals surface area contributed by atoms with Crippen LogP contribution in [0.5, 0.6) is 0 Å². The van der Waals surface area contributed by atoms with Crippen LogP contribution < -0.4 is 10.9 Å². The Labute approximate surface area is 139 Å². The Morgan fingerprint density at radius 1 is 1.33 bits per heavy atom. The maximum Gasteiger partial charge on any atom is 0.259 e. The van der Waals surface area contributed by atoms with E-state index in [0.29, 0.717) is 0 Å². The number of rotatable bonds is 4. The highest BCUT2D eigenvalue weighted by Gasteiger charge is 2.17. The quantitative estimate of drug-likeness (QED) is 0.752. The third-order valence-corrected chi connectivity index (χ3v) is 3.43. The fraction of sp³-hybridized carbons (Fsp3) is 0.0667. The molecule has 0 spiro atoms. The predicted octanol–water partition coefficient (Wildman–Crippen LogP) is 2.15. The Bertz CT molecular complexity index is 933. The first-order chi connectivity index (χ1) is 11.6. The summed E-state index contributed by atoms with van der Waals surface area (Å²) in [4.78, 5) is 30.2. The third-order valence-electron chi connectivity index (χ3n) is 3.12. The topological polar surface area (TPSA) is 101 Å². The van der Waals surface area contributed by atoms with E-state index in [2.05, 4.69) is 20.4 Å². The molecule has 24 heavy (non-hydrogen) atoms. The molecule has 2 heterocycles. The van der Waals surface area contributed by atoms with E-state index in [9.17, 15) is 14.0 Å². The van der Waals surface area contributed by atoms with Gasteiger partial charge in [0.2, 0.25) is 11.7 Å². The van der Waals surface area contributed by atoms with Crippen molar-refractivity contribution in [2.45, 2.75) is 6.54 Å². The summed E-state index contributed by atoms with van der Waals surface area (Å²) in [5.41, 5.74) is -0.401. The number of hydrogen-bond acceptors (Lipinski definition) is 5. The highest BCUT2D eigenvalue weighted by atomic mass is 35.5. The molecular formula is C15H10ClFN4O3. The molecule has 2 aromatic heterocycles. The lowest BCUT2D eigenvalue weighted by Crippen LogP contribution is -2.24. The van der Waals surface area contributed by atoms with Gasteiger partial charge in [0.05, 0.1) is 22.7 Å². The van der Waals surface area contributed by atoms with Gasteiger partial charge >= 0.3 is 0 Å². The van der Waals surface area contributed by atoms with Crippen LogP contribution in [0.15, 0.2) is 45.8 Å². The maximum atomic E-state index is 13.7. The minimum atomic E-state index is -0.734. The Balaban J connectivity index is 1.73. The molecule has 0 unspecified atom stereocenters. The third kappa shape index (κ3) is 3.18. The molecule has 0 saturated heterocycles. The van der Waals surface area contributed by atoms with E-state index in [0.717, 1.165) is 6.07 Å². The second kappa shape index (κ2) is 6.63. The summed E-state index contributed by atoms with van der Waals surface area (Å²) in [5, 5.41) is 6.10. The minimum absolute atomic E-state index is 0.00506. The van der Waals surface area contributed by atoms with Crippen molar-refractivity contribution in [1.29, 1.82) is 0 Å². The molecule has 0 atom stereocenters. The van der Waals surface area contributed by atoms with E-state index in [1.807, 2.05) is 0 Å². The van der Waals surface area contributed by atoms with Gasteiger partial charge in [0.15, 0.2) is 0 Å². The van der Waals surface area contributed by atoms with Gasteiger partial charge in [0, 0.05) is 6.20 Å². The number of H-pyrrole nitrogens is 1. The number of nitrogens with one attached hydrogen (secondary N) is 2. The number of amides is 1. The van der Waals surface area contributed by atoms with Crippen molar-refractivity contribution in [3.05, 3.63) is 69.2 Å². The van der Waals surface area contributed by atoms with Gasteiger partial charge in [-0.15, -0.1) is 0 Å². The van der Waals surface area contributed by atoms with Gasteiger partial charge in [-0.05, 0) is 24.3 Å². The SMILES string of the molecule is O=C(NCc1nc(-c2ccc[nH]c2=O)no1)c1c(F)cccc1Cl. The summed E-state index contributed by atoms with van der Waals surface area (Å²) in [7, 11) is 0. The molecule has 0 saturated carbocycles. The second-order valence-electron chi connectivity index (χ2n) is 4.70. The molecule has 1 amide bonds. The standard InChI is InChI=1S/C15H10ClFN4O3/c16-9-4-1-5-10(17)12(9)15(23)19-7-11-20-13(21-24-11)8-3-2-6-18-14(8)22/h1-6H,7H2,(H,18,22)(H,19,23). The summed E-state index contributed by atoms with van der Waals surface area (Å²) in [6.07, 6.45) is 1.48. The first kappa shape index (κ1) is 15.9. The number of nitrogens with zero attached hydrogens (tertiary/aromatic N) is 2. The molecule has 0 fully saturated rings. The fourth-order valence-corrected chi connectivity index (χ4v) is 2.24. The first-order valence-corrected chi connectivity index (χ1v) is 7.17. The molecule has 3 rings (SSSR count). The lowest BCUT2D eigenvalue weighted by molar-refractivity contribution is 0.0942. The maximum absolute atomic E-state index is 13.7. The van der Waals surface area contributed by atoms with Crippen molar-refractivity contribution in [3.8, 4) is 11.4 Å². The van der Waals surface area contributed by atoms with Gasteiger partial charge < -0.3 is 14.8 Å². The highest BCUT2D eigenvalue weighted by Crippen LogP contribution is 2.18. The highest BCUT2D eigenvalue weighted by molar-refractivity contribution is 6.33. The Morgan fingerprint density at radius 3 is 2.92 bits per heavy atom. The van der Waals surface area contributed by atoms with Crippen molar-refractivity contribution >= 4 is 17.5 Å². The van der Waals surface area contributed by atoms with E-state index in [1.165, 1.54) is 24.4 Å². The van der Waals surface area contributed by atoms with Crippen molar-refractivity contribution in [1.82, 2.24) is 20.4 Å². The minimum Gasteiger partial charge on any atom is -0.343 e. The monoisotopic (exact) mass is 348 g/mol. The summed E-state index contributed by atoms with van der Waals surface area (Å²) in [6.45, 7) is -0.138. The van der Waals surface area contributed by atoms with E-state index >= 15 is 0 Å². The normalized spacial score (nSPS) is 10.6. The zero-order valence-corrected chi connectivity index (χ0v) is 12.8. The molecule has 3 aromatic rings. The van der Waals surface area contributed by atoms with E-state index in [1.54, 1.807) is 6.07 Å². The number of pyridine rings is 1. The molecule has 122 valence electrons. The average Bonchev–Trinajstić information content (AvgIpc) is 3.02. The zero-order chi connectivity index (χ0) is 17.1. The van der Waals surface area contributed by atoms with Crippen LogP contribution in [0.25, 0.3) is 11.4 Å². The van der Waals surface area contributed by atoms with Crippen LogP contribution >= 0.6 is 11.6 Å². The van der Waals surface area contributed by atoms with E-state index < -0.39 is 11.7 Å². The number of carbonyl (C=O) groups excluding carboxylic acids is 1. The number of halogens is 2. The summed E-state index contributed by atoms with van der Waals surface area (Å²) in [5.74, 6) is -1.29. The molecular weight excluding hydrogens is 339 g/mol. The number of hydrogen-bond donors (Lipinski definition) is 2. The zero-order valence-electron chi connectivity index (χ0n) is 12.0. The Hall–Kier alpha value is -3.00. The molecule has 9 heteroatoms. The molecule has 0 aliphatic heterocycles. The molecule has 7 nitrogen and oxygen atoms in total. The van der Waals surface area contributed by atoms with Crippen LogP contribution in [0.1, 0.15) is 16.2 Å². The summed E-state index contributed by atoms with van der Waals surface area (Å²) >= 11 is 5.82. The van der Waals surface area contributed by atoms with Crippen molar-refractivity contribution in [2.75, 3.05) is 0 Å². The molecule has 2 N–H and O–H groups in total. The molecule has 0 bridgehead atoms. The van der Waals surface area contributed by atoms with Gasteiger partial charge in [-0.2, -0.15) is 4.98 Å². The largest absolute Gasteiger partial charge is 0.343 e. The predicted molar refractivity (Wildman–Crippen MR) is 82.9 cm³/mol. The average molecular weight is 349 g/mol.